The molecule has 1 unspecified atom stereocenters. The second-order valence-electron chi connectivity index (χ2n) is 4.90. The SMILES string of the molecule is CCCC(C)NC(=O)Cn1cnc(CCNCC)c1. The molecule has 1 amide bonds. The molecular formula is C14H26N4O. The Bertz CT molecular complexity index is 375. The van der Waals surface area contributed by atoms with Crippen molar-refractivity contribution in [1.29, 1.82) is 0 Å². The fourth-order valence-corrected chi connectivity index (χ4v) is 2.01. The average Bonchev–Trinajstić information content (AvgIpc) is 2.77. The summed E-state index contributed by atoms with van der Waals surface area (Å²) in [5, 5.41) is 6.25. The highest BCUT2D eigenvalue weighted by Gasteiger charge is 2.07. The van der Waals surface area contributed by atoms with Gasteiger partial charge in [-0.25, -0.2) is 4.98 Å². The van der Waals surface area contributed by atoms with Gasteiger partial charge in [-0.3, -0.25) is 4.79 Å². The summed E-state index contributed by atoms with van der Waals surface area (Å²) in [5.74, 6) is 0.0524. The Morgan fingerprint density at radius 2 is 2.26 bits per heavy atom. The lowest BCUT2D eigenvalue weighted by Gasteiger charge is -2.12. The molecule has 0 saturated heterocycles. The van der Waals surface area contributed by atoms with Gasteiger partial charge in [-0.05, 0) is 19.9 Å². The molecule has 0 saturated carbocycles. The van der Waals surface area contributed by atoms with Gasteiger partial charge in [-0.2, -0.15) is 0 Å². The minimum atomic E-state index is 0.0524. The summed E-state index contributed by atoms with van der Waals surface area (Å²) in [6.07, 6.45) is 6.67. The van der Waals surface area contributed by atoms with Crippen LogP contribution in [0.2, 0.25) is 0 Å². The maximum atomic E-state index is 11.8. The minimum Gasteiger partial charge on any atom is -0.352 e. The lowest BCUT2D eigenvalue weighted by atomic mass is 10.2. The number of imidazole rings is 1. The first-order valence-corrected chi connectivity index (χ1v) is 7.16. The molecule has 0 aromatic carbocycles. The van der Waals surface area contributed by atoms with Crippen molar-refractivity contribution in [2.75, 3.05) is 13.1 Å². The van der Waals surface area contributed by atoms with E-state index >= 15 is 0 Å². The molecule has 2 N–H and O–H groups in total. The highest BCUT2D eigenvalue weighted by atomic mass is 16.2. The average molecular weight is 266 g/mol. The Morgan fingerprint density at radius 1 is 1.47 bits per heavy atom. The molecule has 1 heterocycles. The summed E-state index contributed by atoms with van der Waals surface area (Å²) in [4.78, 5) is 16.1. The summed E-state index contributed by atoms with van der Waals surface area (Å²) in [6.45, 7) is 8.49. The van der Waals surface area contributed by atoms with Gasteiger partial charge in [-0.1, -0.05) is 20.3 Å². The molecular weight excluding hydrogens is 240 g/mol. The molecule has 0 radical (unpaired) electrons. The van der Waals surface area contributed by atoms with Gasteiger partial charge < -0.3 is 15.2 Å². The summed E-state index contributed by atoms with van der Waals surface area (Å²) >= 11 is 0. The van der Waals surface area contributed by atoms with E-state index in [9.17, 15) is 4.79 Å². The van der Waals surface area contributed by atoms with E-state index in [0.717, 1.165) is 38.0 Å². The fraction of sp³-hybridized carbons (Fsp3) is 0.714. The molecule has 19 heavy (non-hydrogen) atoms. The zero-order valence-corrected chi connectivity index (χ0v) is 12.3. The number of rotatable bonds is 9. The van der Waals surface area contributed by atoms with E-state index < -0.39 is 0 Å². The monoisotopic (exact) mass is 266 g/mol. The van der Waals surface area contributed by atoms with Crippen LogP contribution in [0.5, 0.6) is 0 Å². The molecule has 0 aliphatic carbocycles. The van der Waals surface area contributed by atoms with E-state index in [-0.39, 0.29) is 11.9 Å². The van der Waals surface area contributed by atoms with E-state index in [4.69, 9.17) is 0 Å². The normalized spacial score (nSPS) is 12.4. The predicted octanol–water partition coefficient (Wildman–Crippen LogP) is 1.34. The third-order valence-corrected chi connectivity index (χ3v) is 2.95. The molecule has 1 aromatic rings. The van der Waals surface area contributed by atoms with E-state index in [1.165, 1.54) is 0 Å². The number of carbonyl (C=O) groups is 1. The summed E-state index contributed by atoms with van der Waals surface area (Å²) in [5.41, 5.74) is 1.02. The maximum Gasteiger partial charge on any atom is 0.240 e. The van der Waals surface area contributed by atoms with Crippen molar-refractivity contribution in [3.05, 3.63) is 18.2 Å². The van der Waals surface area contributed by atoms with E-state index in [0.29, 0.717) is 6.54 Å². The highest BCUT2D eigenvalue weighted by Crippen LogP contribution is 1.98. The number of hydrogen-bond donors (Lipinski definition) is 2. The van der Waals surface area contributed by atoms with Crippen molar-refractivity contribution in [3.63, 3.8) is 0 Å². The zero-order chi connectivity index (χ0) is 14.1. The van der Waals surface area contributed by atoms with E-state index in [1.807, 2.05) is 17.7 Å². The Hall–Kier alpha value is -1.36. The van der Waals surface area contributed by atoms with Crippen molar-refractivity contribution in [2.45, 2.75) is 52.6 Å². The maximum absolute atomic E-state index is 11.8. The first-order valence-electron chi connectivity index (χ1n) is 7.16. The first kappa shape index (κ1) is 15.7. The fourth-order valence-electron chi connectivity index (χ4n) is 2.01. The third kappa shape index (κ3) is 6.38. The van der Waals surface area contributed by atoms with Crippen LogP contribution in [0.1, 0.15) is 39.3 Å². The zero-order valence-electron chi connectivity index (χ0n) is 12.3. The van der Waals surface area contributed by atoms with Crippen LogP contribution >= 0.6 is 0 Å². The standard InChI is InChI=1S/C14H26N4O/c1-4-6-12(3)17-14(19)10-18-9-13(16-11-18)7-8-15-5-2/h9,11-12,15H,4-8,10H2,1-3H3,(H,17,19). The molecule has 0 aliphatic heterocycles. The topological polar surface area (TPSA) is 59.0 Å². The number of aromatic nitrogens is 2. The van der Waals surface area contributed by atoms with E-state index in [1.54, 1.807) is 6.33 Å². The Balaban J connectivity index is 2.34. The van der Waals surface area contributed by atoms with Crippen LogP contribution in [0.4, 0.5) is 0 Å². The Labute approximate surface area is 115 Å². The van der Waals surface area contributed by atoms with Crippen LogP contribution in [0.15, 0.2) is 12.5 Å². The molecule has 1 rings (SSSR count). The molecule has 5 nitrogen and oxygen atoms in total. The molecule has 0 spiro atoms. The lowest BCUT2D eigenvalue weighted by Crippen LogP contribution is -2.34. The number of carbonyl (C=O) groups excluding carboxylic acids is 1. The van der Waals surface area contributed by atoms with Crippen molar-refractivity contribution < 1.29 is 4.79 Å². The number of nitrogens with zero attached hydrogens (tertiary/aromatic N) is 2. The largest absolute Gasteiger partial charge is 0.352 e. The van der Waals surface area contributed by atoms with Gasteiger partial charge >= 0.3 is 0 Å². The predicted molar refractivity (Wildman–Crippen MR) is 77.0 cm³/mol. The van der Waals surface area contributed by atoms with Crippen LogP contribution < -0.4 is 10.6 Å². The number of likely N-dealkylation sites (N-methyl/N-ethyl adjacent to an activating group) is 1. The molecule has 1 aromatic heterocycles. The highest BCUT2D eigenvalue weighted by molar-refractivity contribution is 5.75. The van der Waals surface area contributed by atoms with Gasteiger partial charge in [0.2, 0.25) is 5.91 Å². The second kappa shape index (κ2) is 8.69. The van der Waals surface area contributed by atoms with Crippen LogP contribution in [0.25, 0.3) is 0 Å². The van der Waals surface area contributed by atoms with Crippen LogP contribution in [-0.2, 0) is 17.8 Å². The summed E-state index contributed by atoms with van der Waals surface area (Å²) < 4.78 is 1.84. The van der Waals surface area contributed by atoms with Crippen molar-refractivity contribution >= 4 is 5.91 Å². The minimum absolute atomic E-state index is 0.0524. The van der Waals surface area contributed by atoms with Crippen molar-refractivity contribution in [3.8, 4) is 0 Å². The number of hydrogen-bond acceptors (Lipinski definition) is 3. The lowest BCUT2D eigenvalue weighted by molar-refractivity contribution is -0.122. The van der Waals surface area contributed by atoms with Gasteiger partial charge in [0.1, 0.15) is 6.54 Å². The third-order valence-electron chi connectivity index (χ3n) is 2.95. The summed E-state index contributed by atoms with van der Waals surface area (Å²) in [7, 11) is 0. The van der Waals surface area contributed by atoms with Gasteiger partial charge in [0.25, 0.3) is 0 Å². The van der Waals surface area contributed by atoms with Crippen LogP contribution in [-0.4, -0.2) is 34.6 Å². The molecule has 5 heteroatoms. The first-order chi connectivity index (χ1) is 9.15. The number of nitrogens with one attached hydrogen (secondary N) is 2. The second-order valence-corrected chi connectivity index (χ2v) is 4.90. The number of amides is 1. The van der Waals surface area contributed by atoms with Crippen LogP contribution in [0.3, 0.4) is 0 Å². The Kier molecular flexibility index (Phi) is 7.18. The van der Waals surface area contributed by atoms with E-state index in [2.05, 4.69) is 29.5 Å². The summed E-state index contributed by atoms with van der Waals surface area (Å²) in [6, 6.07) is 0.245. The quantitative estimate of drug-likeness (QED) is 0.663. The smallest absolute Gasteiger partial charge is 0.240 e. The Morgan fingerprint density at radius 3 is 2.95 bits per heavy atom. The van der Waals surface area contributed by atoms with Gasteiger partial charge in [-0.15, -0.1) is 0 Å². The molecule has 0 bridgehead atoms. The molecule has 108 valence electrons. The molecule has 0 fully saturated rings. The van der Waals surface area contributed by atoms with Gasteiger partial charge in [0.15, 0.2) is 0 Å². The van der Waals surface area contributed by atoms with Gasteiger partial charge in [0, 0.05) is 25.2 Å². The van der Waals surface area contributed by atoms with Crippen molar-refractivity contribution in [2.24, 2.45) is 0 Å². The molecule has 1 atom stereocenters. The van der Waals surface area contributed by atoms with Crippen LogP contribution in [0, 0.1) is 0 Å². The molecule has 0 aliphatic rings. The van der Waals surface area contributed by atoms with Crippen molar-refractivity contribution in [1.82, 2.24) is 20.2 Å². The van der Waals surface area contributed by atoms with Gasteiger partial charge in [0.05, 0.1) is 12.0 Å².